The molecule has 0 unspecified atom stereocenters. The number of hydrogen-bond donors (Lipinski definition) is 2. The molecule has 1 aliphatic carbocycles. The number of carboxylic acids is 1. The van der Waals surface area contributed by atoms with Crippen molar-refractivity contribution in [3.63, 3.8) is 0 Å². The summed E-state index contributed by atoms with van der Waals surface area (Å²) < 4.78 is 28.1. The third-order valence-electron chi connectivity index (χ3n) is 4.32. The van der Waals surface area contributed by atoms with E-state index in [1.807, 2.05) is 6.92 Å². The van der Waals surface area contributed by atoms with Crippen LogP contribution in [0.15, 0.2) is 17.0 Å². The number of carbonyl (C=O) groups is 1. The highest BCUT2D eigenvalue weighted by molar-refractivity contribution is 7.89. The molecule has 0 saturated heterocycles. The first kappa shape index (κ1) is 17.0. The zero-order chi connectivity index (χ0) is 16.5. The van der Waals surface area contributed by atoms with Gasteiger partial charge in [-0.25, -0.2) is 8.42 Å². The smallest absolute Gasteiger partial charge is 0.324 e. The van der Waals surface area contributed by atoms with Crippen LogP contribution in [0.3, 0.4) is 0 Å². The molecule has 1 aromatic rings. The van der Waals surface area contributed by atoms with E-state index in [0.717, 1.165) is 24.8 Å². The van der Waals surface area contributed by atoms with Crippen molar-refractivity contribution in [2.75, 3.05) is 0 Å². The molecular formula is C16H23NO4S. The second-order valence-electron chi connectivity index (χ2n) is 6.28. The van der Waals surface area contributed by atoms with Gasteiger partial charge in [0.05, 0.1) is 4.90 Å². The maximum absolute atomic E-state index is 12.8. The molecule has 122 valence electrons. The first-order chi connectivity index (χ1) is 10.2. The number of benzene rings is 1. The number of nitrogens with one attached hydrogen (secondary N) is 1. The van der Waals surface area contributed by atoms with E-state index in [1.54, 1.807) is 26.0 Å². The van der Waals surface area contributed by atoms with Crippen LogP contribution in [0.4, 0.5) is 0 Å². The van der Waals surface area contributed by atoms with E-state index < -0.39 is 21.5 Å². The van der Waals surface area contributed by atoms with Crippen molar-refractivity contribution < 1.29 is 18.3 Å². The van der Waals surface area contributed by atoms with Gasteiger partial charge in [-0.15, -0.1) is 0 Å². The van der Waals surface area contributed by atoms with Crippen LogP contribution < -0.4 is 4.72 Å². The van der Waals surface area contributed by atoms with Gasteiger partial charge in [-0.1, -0.05) is 37.0 Å². The molecule has 2 rings (SSSR count). The number of carboxylic acid groups (broad SMARTS) is 1. The van der Waals surface area contributed by atoms with E-state index in [2.05, 4.69) is 4.72 Å². The fraction of sp³-hybridized carbons (Fsp3) is 0.562. The van der Waals surface area contributed by atoms with Crippen molar-refractivity contribution in [1.29, 1.82) is 0 Å². The molecule has 1 saturated carbocycles. The minimum atomic E-state index is -3.87. The monoisotopic (exact) mass is 325 g/mol. The molecule has 0 aliphatic heterocycles. The molecule has 0 aromatic heterocycles. The molecule has 1 fully saturated rings. The first-order valence-corrected chi connectivity index (χ1v) is 9.01. The fourth-order valence-corrected chi connectivity index (χ4v) is 5.29. The number of sulfonamides is 1. The lowest BCUT2D eigenvalue weighted by Crippen LogP contribution is -2.55. The number of hydrogen-bond acceptors (Lipinski definition) is 3. The van der Waals surface area contributed by atoms with Crippen molar-refractivity contribution in [2.24, 2.45) is 0 Å². The van der Waals surface area contributed by atoms with Crippen LogP contribution in [0.2, 0.25) is 0 Å². The molecule has 5 nitrogen and oxygen atoms in total. The Hall–Kier alpha value is -1.40. The maximum Gasteiger partial charge on any atom is 0.324 e. The van der Waals surface area contributed by atoms with Crippen LogP contribution in [-0.2, 0) is 14.8 Å². The van der Waals surface area contributed by atoms with E-state index >= 15 is 0 Å². The van der Waals surface area contributed by atoms with Gasteiger partial charge in [0.25, 0.3) is 0 Å². The Bertz CT molecular complexity index is 665. The van der Waals surface area contributed by atoms with Gasteiger partial charge in [0.15, 0.2) is 0 Å². The molecule has 0 amide bonds. The molecule has 0 heterocycles. The van der Waals surface area contributed by atoms with Crippen LogP contribution in [0.25, 0.3) is 0 Å². The molecule has 1 aliphatic rings. The Morgan fingerprint density at radius 2 is 1.59 bits per heavy atom. The van der Waals surface area contributed by atoms with Crippen LogP contribution in [0.5, 0.6) is 0 Å². The van der Waals surface area contributed by atoms with Crippen molar-refractivity contribution in [1.82, 2.24) is 4.72 Å². The Balaban J connectivity index is 2.45. The zero-order valence-corrected chi connectivity index (χ0v) is 14.1. The van der Waals surface area contributed by atoms with Crippen molar-refractivity contribution >= 4 is 16.0 Å². The Labute approximate surface area is 131 Å². The minimum Gasteiger partial charge on any atom is -0.480 e. The summed E-state index contributed by atoms with van der Waals surface area (Å²) in [5.74, 6) is -1.09. The Morgan fingerprint density at radius 3 is 2.05 bits per heavy atom. The molecule has 0 radical (unpaired) electrons. The fourth-order valence-electron chi connectivity index (χ4n) is 3.41. The Morgan fingerprint density at radius 1 is 1.09 bits per heavy atom. The van der Waals surface area contributed by atoms with E-state index in [0.29, 0.717) is 24.0 Å². The lowest BCUT2D eigenvalue weighted by Gasteiger charge is -2.34. The van der Waals surface area contributed by atoms with Gasteiger partial charge in [-0.2, -0.15) is 4.72 Å². The van der Waals surface area contributed by atoms with Crippen molar-refractivity contribution in [3.05, 3.63) is 28.8 Å². The highest BCUT2D eigenvalue weighted by atomic mass is 32.2. The summed E-state index contributed by atoms with van der Waals surface area (Å²) in [6, 6.07) is 3.60. The predicted octanol–water partition coefficient (Wildman–Crippen LogP) is 2.68. The molecular weight excluding hydrogens is 302 g/mol. The van der Waals surface area contributed by atoms with Gasteiger partial charge in [0.1, 0.15) is 5.54 Å². The maximum atomic E-state index is 12.8. The lowest BCUT2D eigenvalue weighted by molar-refractivity contribution is -0.145. The topological polar surface area (TPSA) is 83.5 Å². The highest BCUT2D eigenvalue weighted by Gasteiger charge is 2.43. The van der Waals surface area contributed by atoms with Gasteiger partial charge in [-0.05, 0) is 44.7 Å². The van der Waals surface area contributed by atoms with Gasteiger partial charge in [0, 0.05) is 0 Å². The second-order valence-corrected chi connectivity index (χ2v) is 7.90. The summed E-state index contributed by atoms with van der Waals surface area (Å²) in [6.07, 6.45) is 3.07. The molecule has 1 aromatic carbocycles. The van der Waals surface area contributed by atoms with Crippen LogP contribution in [-0.4, -0.2) is 25.0 Å². The average Bonchev–Trinajstić information content (AvgIpc) is 2.37. The van der Waals surface area contributed by atoms with Crippen LogP contribution >= 0.6 is 0 Å². The zero-order valence-electron chi connectivity index (χ0n) is 13.3. The van der Waals surface area contributed by atoms with Gasteiger partial charge in [0.2, 0.25) is 10.0 Å². The molecule has 0 spiro atoms. The minimum absolute atomic E-state index is 0.198. The predicted molar refractivity (Wildman–Crippen MR) is 84.4 cm³/mol. The van der Waals surface area contributed by atoms with Gasteiger partial charge in [-0.3, -0.25) is 4.79 Å². The summed E-state index contributed by atoms with van der Waals surface area (Å²) in [5.41, 5.74) is 0.892. The van der Waals surface area contributed by atoms with Crippen LogP contribution in [0, 0.1) is 20.8 Å². The number of aryl methyl sites for hydroxylation is 3. The molecule has 2 N–H and O–H groups in total. The third-order valence-corrected chi connectivity index (χ3v) is 6.16. The summed E-state index contributed by atoms with van der Waals surface area (Å²) in [7, 11) is -3.87. The largest absolute Gasteiger partial charge is 0.480 e. The SMILES string of the molecule is Cc1cc(C)c(S(=O)(=O)NC2(C(=O)O)CCCCC2)c(C)c1. The van der Waals surface area contributed by atoms with Crippen LogP contribution in [0.1, 0.15) is 48.8 Å². The summed E-state index contributed by atoms with van der Waals surface area (Å²) in [4.78, 5) is 11.9. The summed E-state index contributed by atoms with van der Waals surface area (Å²) >= 11 is 0. The highest BCUT2D eigenvalue weighted by Crippen LogP contribution is 2.31. The van der Waals surface area contributed by atoms with Crippen molar-refractivity contribution in [2.45, 2.75) is 63.3 Å². The van der Waals surface area contributed by atoms with Gasteiger partial charge >= 0.3 is 5.97 Å². The van der Waals surface area contributed by atoms with E-state index in [4.69, 9.17) is 0 Å². The lowest BCUT2D eigenvalue weighted by atomic mass is 9.83. The summed E-state index contributed by atoms with van der Waals surface area (Å²) in [6.45, 7) is 5.38. The first-order valence-electron chi connectivity index (χ1n) is 7.53. The van der Waals surface area contributed by atoms with E-state index in [1.165, 1.54) is 0 Å². The average molecular weight is 325 g/mol. The second kappa shape index (κ2) is 6.01. The number of aliphatic carboxylic acids is 1. The van der Waals surface area contributed by atoms with Crippen molar-refractivity contribution in [3.8, 4) is 0 Å². The summed E-state index contributed by atoms with van der Waals surface area (Å²) in [5, 5.41) is 9.55. The Kier molecular flexibility index (Phi) is 4.63. The van der Waals surface area contributed by atoms with E-state index in [-0.39, 0.29) is 4.90 Å². The quantitative estimate of drug-likeness (QED) is 0.891. The third kappa shape index (κ3) is 3.17. The van der Waals surface area contributed by atoms with E-state index in [9.17, 15) is 18.3 Å². The van der Waals surface area contributed by atoms with Gasteiger partial charge < -0.3 is 5.11 Å². The molecule has 22 heavy (non-hydrogen) atoms. The molecule has 6 heteroatoms. The molecule has 0 bridgehead atoms. The standard InChI is InChI=1S/C16H23NO4S/c1-11-9-12(2)14(13(3)10-11)22(20,21)17-16(15(18)19)7-5-4-6-8-16/h9-10,17H,4-8H2,1-3H3,(H,18,19). The molecule has 0 atom stereocenters. The normalized spacial score (nSPS) is 18.1. The number of rotatable bonds is 4.